The largest absolute Gasteiger partial charge is 0.416 e. The zero-order valence-electron chi connectivity index (χ0n) is 9.74. The van der Waals surface area contributed by atoms with Gasteiger partial charge < -0.3 is 10.2 Å². The van der Waals surface area contributed by atoms with Gasteiger partial charge in [0.1, 0.15) is 5.82 Å². The van der Waals surface area contributed by atoms with Crippen molar-refractivity contribution in [2.75, 3.05) is 24.5 Å². The lowest BCUT2D eigenvalue weighted by Crippen LogP contribution is -2.64. The molecule has 1 aromatic rings. The average Bonchev–Trinajstić information content (AvgIpc) is 2.30. The fraction of sp³-hybridized carbons (Fsp3) is 0.583. The van der Waals surface area contributed by atoms with E-state index in [-0.39, 0.29) is 0 Å². The highest BCUT2D eigenvalue weighted by molar-refractivity contribution is 5.46. The van der Waals surface area contributed by atoms with Crippen molar-refractivity contribution in [3.05, 3.63) is 23.9 Å². The summed E-state index contributed by atoms with van der Waals surface area (Å²) in [5, 5.41) is 3.27. The van der Waals surface area contributed by atoms with E-state index in [1.54, 1.807) is 0 Å². The topological polar surface area (TPSA) is 28.2 Å². The molecule has 2 atom stereocenters. The first-order chi connectivity index (χ1) is 8.55. The molecule has 0 saturated carbocycles. The van der Waals surface area contributed by atoms with Gasteiger partial charge in [-0.1, -0.05) is 0 Å². The first kappa shape index (κ1) is 11.8. The van der Waals surface area contributed by atoms with E-state index in [2.05, 4.69) is 10.3 Å². The molecule has 0 aromatic carbocycles. The molecule has 2 saturated heterocycles. The smallest absolute Gasteiger partial charge is 0.352 e. The third-order valence-electron chi connectivity index (χ3n) is 3.79. The van der Waals surface area contributed by atoms with E-state index in [0.717, 1.165) is 38.2 Å². The number of hydrogen-bond donors (Lipinski definition) is 1. The molecule has 2 fully saturated rings. The fourth-order valence-corrected chi connectivity index (χ4v) is 2.74. The fourth-order valence-electron chi connectivity index (χ4n) is 2.74. The van der Waals surface area contributed by atoms with Crippen molar-refractivity contribution in [1.29, 1.82) is 0 Å². The molecule has 18 heavy (non-hydrogen) atoms. The number of piperidine rings is 1. The van der Waals surface area contributed by atoms with Gasteiger partial charge >= 0.3 is 6.18 Å². The summed E-state index contributed by atoms with van der Waals surface area (Å²) in [7, 11) is 0. The van der Waals surface area contributed by atoms with Crippen LogP contribution in [0.3, 0.4) is 0 Å². The van der Waals surface area contributed by atoms with Crippen LogP contribution in [-0.4, -0.2) is 30.7 Å². The Morgan fingerprint density at radius 1 is 1.39 bits per heavy atom. The van der Waals surface area contributed by atoms with Crippen LogP contribution in [0.25, 0.3) is 0 Å². The number of nitrogens with one attached hydrogen (secondary N) is 1. The van der Waals surface area contributed by atoms with Crippen LogP contribution in [0.15, 0.2) is 18.3 Å². The molecule has 3 heterocycles. The Bertz CT molecular complexity index is 446. The maximum Gasteiger partial charge on any atom is 0.416 e. The van der Waals surface area contributed by atoms with Crippen LogP contribution < -0.4 is 10.2 Å². The number of aromatic nitrogens is 1. The van der Waals surface area contributed by atoms with Crippen LogP contribution in [0.5, 0.6) is 0 Å². The average molecular weight is 257 g/mol. The van der Waals surface area contributed by atoms with E-state index in [9.17, 15) is 13.2 Å². The Labute approximate surface area is 103 Å². The molecule has 0 amide bonds. The van der Waals surface area contributed by atoms with Gasteiger partial charge in [-0.2, -0.15) is 13.2 Å². The Hall–Kier alpha value is -1.30. The van der Waals surface area contributed by atoms with Gasteiger partial charge in [-0.25, -0.2) is 4.98 Å². The summed E-state index contributed by atoms with van der Waals surface area (Å²) in [6, 6.07) is 2.46. The molecule has 2 aliphatic heterocycles. The number of alkyl halides is 3. The van der Waals surface area contributed by atoms with Gasteiger partial charge in [-0.05, 0) is 31.0 Å². The number of anilines is 1. The first-order valence-corrected chi connectivity index (χ1v) is 6.06. The molecule has 0 spiro atoms. The molecule has 0 radical (unpaired) electrons. The van der Waals surface area contributed by atoms with E-state index in [0.29, 0.717) is 17.8 Å². The molecule has 0 bridgehead atoms. The second kappa shape index (κ2) is 4.12. The van der Waals surface area contributed by atoms with Crippen LogP contribution >= 0.6 is 0 Å². The monoisotopic (exact) mass is 257 g/mol. The Balaban J connectivity index is 1.81. The van der Waals surface area contributed by atoms with Gasteiger partial charge in [0.25, 0.3) is 0 Å². The molecule has 6 heteroatoms. The standard InChI is InChI=1S/C12H14F3N3/c13-12(14,15)9-2-4-17-11(5-9)18-7-8-1-3-16-6-10(8)18/h2,4-5,8,10,16H,1,3,6-7H2/t8-,10-/m0/s1. The van der Waals surface area contributed by atoms with E-state index in [4.69, 9.17) is 0 Å². The first-order valence-electron chi connectivity index (χ1n) is 6.06. The van der Waals surface area contributed by atoms with Crippen molar-refractivity contribution in [2.45, 2.75) is 18.6 Å². The predicted molar refractivity (Wildman–Crippen MR) is 61.3 cm³/mol. The SMILES string of the molecule is FC(F)(F)c1ccnc(N2C[C@@H]3CCNC[C@@H]32)c1. The number of pyridine rings is 1. The zero-order chi connectivity index (χ0) is 12.8. The van der Waals surface area contributed by atoms with Crippen LogP contribution in [0.1, 0.15) is 12.0 Å². The van der Waals surface area contributed by atoms with Crippen molar-refractivity contribution in [1.82, 2.24) is 10.3 Å². The summed E-state index contributed by atoms with van der Waals surface area (Å²) in [6.45, 7) is 2.66. The van der Waals surface area contributed by atoms with Gasteiger partial charge in [-0.15, -0.1) is 0 Å². The van der Waals surface area contributed by atoms with Crippen LogP contribution in [-0.2, 0) is 6.18 Å². The molecule has 2 aliphatic rings. The lowest BCUT2D eigenvalue weighted by atomic mass is 9.83. The van der Waals surface area contributed by atoms with Gasteiger partial charge in [-0.3, -0.25) is 0 Å². The molecular formula is C12H14F3N3. The summed E-state index contributed by atoms with van der Waals surface area (Å²) < 4.78 is 37.9. The quantitative estimate of drug-likeness (QED) is 0.833. The second-order valence-electron chi connectivity index (χ2n) is 4.87. The van der Waals surface area contributed by atoms with Crippen LogP contribution in [0.4, 0.5) is 19.0 Å². The summed E-state index contributed by atoms with van der Waals surface area (Å²) in [5.41, 5.74) is -0.625. The Morgan fingerprint density at radius 3 is 2.94 bits per heavy atom. The van der Waals surface area contributed by atoms with Crippen molar-refractivity contribution in [3.63, 3.8) is 0 Å². The van der Waals surface area contributed by atoms with Crippen molar-refractivity contribution < 1.29 is 13.2 Å². The minimum absolute atomic E-state index is 0.301. The van der Waals surface area contributed by atoms with Crippen molar-refractivity contribution in [3.8, 4) is 0 Å². The van der Waals surface area contributed by atoms with E-state index in [1.165, 1.54) is 6.20 Å². The Morgan fingerprint density at radius 2 is 2.22 bits per heavy atom. The minimum atomic E-state index is -4.30. The molecule has 3 nitrogen and oxygen atoms in total. The lowest BCUT2D eigenvalue weighted by Gasteiger charge is -2.51. The molecule has 0 aliphatic carbocycles. The minimum Gasteiger partial charge on any atom is -0.352 e. The highest BCUT2D eigenvalue weighted by atomic mass is 19.4. The summed E-state index contributed by atoms with van der Waals surface area (Å²) in [5.74, 6) is 1.04. The zero-order valence-corrected chi connectivity index (χ0v) is 9.74. The summed E-state index contributed by atoms with van der Waals surface area (Å²) in [4.78, 5) is 6.03. The summed E-state index contributed by atoms with van der Waals surface area (Å²) in [6.07, 6.45) is -1.96. The number of hydrogen-bond acceptors (Lipinski definition) is 3. The van der Waals surface area contributed by atoms with Gasteiger partial charge in [0.15, 0.2) is 0 Å². The molecular weight excluding hydrogens is 243 g/mol. The van der Waals surface area contributed by atoms with E-state index in [1.807, 2.05) is 4.90 Å². The molecule has 0 unspecified atom stereocenters. The number of rotatable bonds is 1. The highest BCUT2D eigenvalue weighted by Gasteiger charge is 2.41. The van der Waals surface area contributed by atoms with Crippen LogP contribution in [0, 0.1) is 5.92 Å². The third kappa shape index (κ3) is 1.94. The molecule has 98 valence electrons. The number of fused-ring (bicyclic) bond motifs is 1. The number of nitrogens with zero attached hydrogens (tertiary/aromatic N) is 2. The maximum absolute atomic E-state index is 12.6. The van der Waals surface area contributed by atoms with Crippen molar-refractivity contribution >= 4 is 5.82 Å². The molecule has 1 N–H and O–H groups in total. The lowest BCUT2D eigenvalue weighted by molar-refractivity contribution is -0.137. The number of halogens is 3. The Kier molecular flexibility index (Phi) is 2.69. The van der Waals surface area contributed by atoms with Gasteiger partial charge in [0.05, 0.1) is 5.56 Å². The van der Waals surface area contributed by atoms with E-state index >= 15 is 0 Å². The van der Waals surface area contributed by atoms with Crippen molar-refractivity contribution in [2.24, 2.45) is 5.92 Å². The maximum atomic E-state index is 12.6. The third-order valence-corrected chi connectivity index (χ3v) is 3.79. The highest BCUT2D eigenvalue weighted by Crippen LogP contribution is 2.36. The summed E-state index contributed by atoms with van der Waals surface area (Å²) >= 11 is 0. The normalized spacial score (nSPS) is 27.6. The molecule has 3 rings (SSSR count). The van der Waals surface area contributed by atoms with Gasteiger partial charge in [0, 0.05) is 25.3 Å². The van der Waals surface area contributed by atoms with Gasteiger partial charge in [0.2, 0.25) is 0 Å². The molecule has 1 aromatic heterocycles. The van der Waals surface area contributed by atoms with Crippen LogP contribution in [0.2, 0.25) is 0 Å². The van der Waals surface area contributed by atoms with E-state index < -0.39 is 11.7 Å². The second-order valence-corrected chi connectivity index (χ2v) is 4.87. The predicted octanol–water partition coefficient (Wildman–Crippen LogP) is 1.90.